The molecule has 0 radical (unpaired) electrons. The smallest absolute Gasteiger partial charge is 0.212 e. The van der Waals surface area contributed by atoms with Crippen LogP contribution in [0.4, 0.5) is 0 Å². The molecule has 1 heterocycles. The molecule has 0 unspecified atom stereocenters. The summed E-state index contributed by atoms with van der Waals surface area (Å²) in [6.45, 7) is 4.04. The quantitative estimate of drug-likeness (QED) is 0.368. The minimum atomic E-state index is 0.806. The summed E-state index contributed by atoms with van der Waals surface area (Å²) in [6, 6.07) is 0. The first-order valence-electron chi connectivity index (χ1n) is 6.99. The molecule has 0 saturated heterocycles. The van der Waals surface area contributed by atoms with Crippen molar-refractivity contribution in [2.75, 3.05) is 13.1 Å². The van der Waals surface area contributed by atoms with E-state index < -0.39 is 0 Å². The van der Waals surface area contributed by atoms with Gasteiger partial charge in [0.25, 0.3) is 0 Å². The molecule has 98 valence electrons. The first kappa shape index (κ1) is 14.0. The summed E-state index contributed by atoms with van der Waals surface area (Å²) in [6.07, 6.45) is 12.5. The molecule has 0 aliphatic carbocycles. The van der Waals surface area contributed by atoms with Crippen LogP contribution in [-0.2, 0) is 0 Å². The van der Waals surface area contributed by atoms with Crippen LogP contribution in [0.5, 0.6) is 0 Å². The van der Waals surface area contributed by atoms with Crippen LogP contribution in [0.15, 0.2) is 10.1 Å². The summed E-state index contributed by atoms with van der Waals surface area (Å²) in [7, 11) is 0. The molecule has 4 nitrogen and oxygen atoms in total. The highest BCUT2D eigenvalue weighted by Crippen LogP contribution is 2.07. The molecule has 0 atom stereocenters. The average Bonchev–Trinajstić information content (AvgIpc) is 2.85. The number of guanidine groups is 1. The van der Waals surface area contributed by atoms with Gasteiger partial charge in [0.15, 0.2) is 0 Å². The molecule has 0 saturated carbocycles. The molecule has 2 N–H and O–H groups in total. The standard InChI is InChI=1S/C13H26N4/c1-2-3-4-5-6-7-8-9-10-16-17-13-14-11-12-15-13/h10H,2-9,11-12H2,1H3,(H2,14,15,17)/b16-10-. The van der Waals surface area contributed by atoms with E-state index in [2.05, 4.69) is 27.8 Å². The molecule has 0 amide bonds. The number of nitrogens with zero attached hydrogens (tertiary/aromatic N) is 2. The first-order chi connectivity index (χ1) is 8.43. The third-order valence-corrected chi connectivity index (χ3v) is 2.87. The minimum absolute atomic E-state index is 0.806. The van der Waals surface area contributed by atoms with E-state index in [1.165, 1.54) is 44.9 Å². The molecule has 1 rings (SSSR count). The van der Waals surface area contributed by atoms with Crippen LogP contribution in [0.25, 0.3) is 0 Å². The lowest BCUT2D eigenvalue weighted by Crippen LogP contribution is -2.30. The van der Waals surface area contributed by atoms with Crippen LogP contribution in [-0.4, -0.2) is 25.3 Å². The molecule has 1 aliphatic rings. The van der Waals surface area contributed by atoms with Gasteiger partial charge in [-0.15, -0.1) is 0 Å². The van der Waals surface area contributed by atoms with Crippen molar-refractivity contribution in [2.24, 2.45) is 10.1 Å². The van der Waals surface area contributed by atoms with E-state index in [0.29, 0.717) is 0 Å². The van der Waals surface area contributed by atoms with Crippen molar-refractivity contribution in [3.05, 3.63) is 0 Å². The number of hydrogen-bond donors (Lipinski definition) is 2. The fourth-order valence-corrected chi connectivity index (χ4v) is 1.84. The minimum Gasteiger partial charge on any atom is -0.353 e. The highest BCUT2D eigenvalue weighted by atomic mass is 15.4. The van der Waals surface area contributed by atoms with Crippen molar-refractivity contribution in [2.45, 2.75) is 58.3 Å². The van der Waals surface area contributed by atoms with Gasteiger partial charge in [-0.05, 0) is 12.8 Å². The van der Waals surface area contributed by atoms with E-state index in [1.54, 1.807) is 0 Å². The maximum Gasteiger partial charge on any atom is 0.212 e. The van der Waals surface area contributed by atoms with E-state index in [-0.39, 0.29) is 0 Å². The lowest BCUT2D eigenvalue weighted by molar-refractivity contribution is 0.596. The third kappa shape index (κ3) is 7.77. The maximum atomic E-state index is 4.19. The molecular formula is C13H26N4. The highest BCUT2D eigenvalue weighted by Gasteiger charge is 2.00. The molecule has 17 heavy (non-hydrogen) atoms. The Morgan fingerprint density at radius 1 is 1.24 bits per heavy atom. The van der Waals surface area contributed by atoms with Gasteiger partial charge in [-0.2, -0.15) is 5.10 Å². The van der Waals surface area contributed by atoms with E-state index >= 15 is 0 Å². The number of hydrazone groups is 1. The number of aliphatic imine (C=N–C) groups is 1. The molecule has 0 aromatic carbocycles. The number of nitrogens with one attached hydrogen (secondary N) is 2. The normalized spacial score (nSPS) is 15.0. The fraction of sp³-hybridized carbons (Fsp3) is 0.846. The molecule has 1 aliphatic heterocycles. The highest BCUT2D eigenvalue weighted by molar-refractivity contribution is 5.81. The van der Waals surface area contributed by atoms with Crippen molar-refractivity contribution < 1.29 is 0 Å². The second-order valence-corrected chi connectivity index (χ2v) is 4.49. The monoisotopic (exact) mass is 238 g/mol. The molecule has 0 spiro atoms. The van der Waals surface area contributed by atoms with Gasteiger partial charge >= 0.3 is 0 Å². The maximum absolute atomic E-state index is 4.19. The van der Waals surface area contributed by atoms with E-state index in [9.17, 15) is 0 Å². The van der Waals surface area contributed by atoms with Gasteiger partial charge in [0.2, 0.25) is 5.96 Å². The summed E-state index contributed by atoms with van der Waals surface area (Å²) in [5.74, 6) is 0.806. The lowest BCUT2D eigenvalue weighted by Gasteiger charge is -2.00. The SMILES string of the molecule is CCCCCCCCC/C=N\NC1=NCCN1. The Morgan fingerprint density at radius 2 is 2.00 bits per heavy atom. The van der Waals surface area contributed by atoms with E-state index in [4.69, 9.17) is 0 Å². The predicted octanol–water partition coefficient (Wildman–Crippen LogP) is 2.66. The van der Waals surface area contributed by atoms with E-state index in [0.717, 1.165) is 25.5 Å². The van der Waals surface area contributed by atoms with Crippen LogP contribution in [0.1, 0.15) is 58.3 Å². The Bertz CT molecular complexity index is 236. The van der Waals surface area contributed by atoms with Crippen LogP contribution in [0, 0.1) is 0 Å². The third-order valence-electron chi connectivity index (χ3n) is 2.87. The Labute approximate surface area is 105 Å². The lowest BCUT2D eigenvalue weighted by atomic mass is 10.1. The fourth-order valence-electron chi connectivity index (χ4n) is 1.84. The summed E-state index contributed by atoms with van der Waals surface area (Å²) in [4.78, 5) is 4.19. The Kier molecular flexibility index (Phi) is 8.33. The van der Waals surface area contributed by atoms with Crippen molar-refractivity contribution in [1.82, 2.24) is 10.7 Å². The molecule has 0 bridgehead atoms. The molecule has 0 aromatic heterocycles. The topological polar surface area (TPSA) is 48.8 Å². The predicted molar refractivity (Wildman–Crippen MR) is 74.5 cm³/mol. The van der Waals surface area contributed by atoms with Crippen molar-refractivity contribution in [3.8, 4) is 0 Å². The average molecular weight is 238 g/mol. The second kappa shape index (κ2) is 10.1. The summed E-state index contributed by atoms with van der Waals surface area (Å²) >= 11 is 0. The van der Waals surface area contributed by atoms with Crippen LogP contribution in [0.2, 0.25) is 0 Å². The van der Waals surface area contributed by atoms with Crippen LogP contribution < -0.4 is 10.7 Å². The Balaban J connectivity index is 1.81. The molecular weight excluding hydrogens is 212 g/mol. The molecule has 0 fully saturated rings. The Hall–Kier alpha value is -1.06. The van der Waals surface area contributed by atoms with Gasteiger partial charge in [-0.1, -0.05) is 45.4 Å². The van der Waals surface area contributed by atoms with Crippen molar-refractivity contribution in [1.29, 1.82) is 0 Å². The number of rotatable bonds is 9. The molecule has 0 aromatic rings. The number of unbranched alkanes of at least 4 members (excludes halogenated alkanes) is 7. The summed E-state index contributed by atoms with van der Waals surface area (Å²) in [5, 5.41) is 7.24. The van der Waals surface area contributed by atoms with Gasteiger partial charge in [0.1, 0.15) is 0 Å². The van der Waals surface area contributed by atoms with Crippen LogP contribution >= 0.6 is 0 Å². The Morgan fingerprint density at radius 3 is 2.71 bits per heavy atom. The van der Waals surface area contributed by atoms with Gasteiger partial charge in [-0.3, -0.25) is 0 Å². The van der Waals surface area contributed by atoms with Gasteiger partial charge in [0.05, 0.1) is 6.54 Å². The summed E-state index contributed by atoms with van der Waals surface area (Å²) < 4.78 is 0. The first-order valence-corrected chi connectivity index (χ1v) is 6.99. The molecule has 4 heteroatoms. The second-order valence-electron chi connectivity index (χ2n) is 4.49. The zero-order chi connectivity index (χ0) is 12.2. The van der Waals surface area contributed by atoms with Gasteiger partial charge < -0.3 is 5.32 Å². The number of hydrogen-bond acceptors (Lipinski definition) is 4. The largest absolute Gasteiger partial charge is 0.353 e. The van der Waals surface area contributed by atoms with Crippen molar-refractivity contribution >= 4 is 12.2 Å². The zero-order valence-corrected chi connectivity index (χ0v) is 11.0. The van der Waals surface area contributed by atoms with Crippen molar-refractivity contribution in [3.63, 3.8) is 0 Å². The van der Waals surface area contributed by atoms with Gasteiger partial charge in [0, 0.05) is 12.8 Å². The zero-order valence-electron chi connectivity index (χ0n) is 11.0. The van der Waals surface area contributed by atoms with Crippen LogP contribution in [0.3, 0.4) is 0 Å². The van der Waals surface area contributed by atoms with Gasteiger partial charge in [-0.25, -0.2) is 10.4 Å². The van der Waals surface area contributed by atoms with E-state index in [1.807, 2.05) is 6.21 Å². The summed E-state index contributed by atoms with van der Waals surface area (Å²) in [5.41, 5.74) is 2.91.